The van der Waals surface area contributed by atoms with Gasteiger partial charge in [0.15, 0.2) is 5.69 Å². The molecular formula is C14H20ClN5O2. The number of halogens is 1. The van der Waals surface area contributed by atoms with Gasteiger partial charge in [0.25, 0.3) is 5.91 Å². The van der Waals surface area contributed by atoms with Crippen LogP contribution in [0.5, 0.6) is 0 Å². The molecule has 1 aliphatic heterocycles. The number of aromatic nitrogens is 3. The van der Waals surface area contributed by atoms with Gasteiger partial charge in [-0.3, -0.25) is 9.89 Å². The maximum Gasteiger partial charge on any atom is 0.272 e. The van der Waals surface area contributed by atoms with Crippen molar-refractivity contribution in [3.63, 3.8) is 0 Å². The summed E-state index contributed by atoms with van der Waals surface area (Å²) in [5.41, 5.74) is 4.47. The van der Waals surface area contributed by atoms with Crippen LogP contribution < -0.4 is 10.6 Å². The topological polar surface area (TPSA) is 95.8 Å². The van der Waals surface area contributed by atoms with Crippen molar-refractivity contribution in [2.24, 2.45) is 0 Å². The van der Waals surface area contributed by atoms with E-state index in [9.17, 15) is 4.79 Å². The van der Waals surface area contributed by atoms with Crippen LogP contribution in [0.1, 0.15) is 38.8 Å². The Morgan fingerprint density at radius 1 is 1.41 bits per heavy atom. The summed E-state index contributed by atoms with van der Waals surface area (Å²) in [7, 11) is 0. The van der Waals surface area contributed by atoms with Gasteiger partial charge in [0, 0.05) is 42.9 Å². The molecule has 2 aromatic rings. The summed E-state index contributed by atoms with van der Waals surface area (Å²) in [5, 5.41) is 17.2. The lowest BCUT2D eigenvalue weighted by atomic mass is 10.1. The summed E-state index contributed by atoms with van der Waals surface area (Å²) in [6.45, 7) is 5.94. The molecule has 0 aromatic carbocycles. The SMILES string of the molecule is Cc1noc(C)c1CCNC(=O)c1n[nH]c2c1CNCC2.Cl. The zero-order valence-electron chi connectivity index (χ0n) is 12.7. The molecule has 0 fully saturated rings. The number of rotatable bonds is 4. The van der Waals surface area contributed by atoms with Gasteiger partial charge in [-0.25, -0.2) is 0 Å². The summed E-state index contributed by atoms with van der Waals surface area (Å²) in [4.78, 5) is 12.2. The van der Waals surface area contributed by atoms with E-state index < -0.39 is 0 Å². The van der Waals surface area contributed by atoms with Gasteiger partial charge >= 0.3 is 0 Å². The molecule has 120 valence electrons. The van der Waals surface area contributed by atoms with Gasteiger partial charge in [-0.05, 0) is 20.3 Å². The molecule has 22 heavy (non-hydrogen) atoms. The third kappa shape index (κ3) is 3.15. The van der Waals surface area contributed by atoms with Crippen molar-refractivity contribution < 1.29 is 9.32 Å². The molecule has 0 aliphatic carbocycles. The van der Waals surface area contributed by atoms with Crippen LogP contribution in [0.15, 0.2) is 4.52 Å². The minimum absolute atomic E-state index is 0. The van der Waals surface area contributed by atoms with Crippen LogP contribution in [0.2, 0.25) is 0 Å². The number of nitrogens with zero attached hydrogens (tertiary/aromatic N) is 2. The Labute approximate surface area is 134 Å². The highest BCUT2D eigenvalue weighted by atomic mass is 35.5. The third-order valence-electron chi connectivity index (χ3n) is 3.86. The maximum atomic E-state index is 12.2. The number of aryl methyl sites for hydroxylation is 2. The highest BCUT2D eigenvalue weighted by molar-refractivity contribution is 5.94. The van der Waals surface area contributed by atoms with E-state index in [-0.39, 0.29) is 18.3 Å². The molecule has 0 unspecified atom stereocenters. The van der Waals surface area contributed by atoms with E-state index in [1.807, 2.05) is 13.8 Å². The average Bonchev–Trinajstić information content (AvgIpc) is 3.05. The maximum absolute atomic E-state index is 12.2. The monoisotopic (exact) mass is 325 g/mol. The average molecular weight is 326 g/mol. The first kappa shape index (κ1) is 16.5. The highest BCUT2D eigenvalue weighted by Crippen LogP contribution is 2.15. The predicted molar refractivity (Wildman–Crippen MR) is 83.3 cm³/mol. The van der Waals surface area contributed by atoms with Crippen LogP contribution in [-0.4, -0.2) is 34.4 Å². The van der Waals surface area contributed by atoms with E-state index in [1.54, 1.807) is 0 Å². The quantitative estimate of drug-likeness (QED) is 0.781. The Bertz CT molecular complexity index is 645. The second-order valence-corrected chi connectivity index (χ2v) is 5.26. The number of carbonyl (C=O) groups excluding carboxylic acids is 1. The van der Waals surface area contributed by atoms with Gasteiger partial charge in [0.1, 0.15) is 5.76 Å². The molecule has 0 radical (unpaired) electrons. The van der Waals surface area contributed by atoms with Crippen LogP contribution in [0.25, 0.3) is 0 Å². The zero-order chi connectivity index (χ0) is 14.8. The molecule has 3 rings (SSSR count). The van der Waals surface area contributed by atoms with Gasteiger partial charge in [-0.2, -0.15) is 5.10 Å². The number of amides is 1. The normalized spacial score (nSPS) is 13.4. The third-order valence-corrected chi connectivity index (χ3v) is 3.86. The summed E-state index contributed by atoms with van der Waals surface area (Å²) in [5.74, 6) is 0.672. The lowest BCUT2D eigenvalue weighted by Crippen LogP contribution is -2.29. The molecule has 0 saturated carbocycles. The summed E-state index contributed by atoms with van der Waals surface area (Å²) in [6.07, 6.45) is 1.59. The van der Waals surface area contributed by atoms with E-state index in [1.165, 1.54) is 0 Å². The van der Waals surface area contributed by atoms with Gasteiger partial charge in [0.05, 0.1) is 5.69 Å². The molecular weight excluding hydrogens is 306 g/mol. The first-order chi connectivity index (χ1) is 10.2. The fraction of sp³-hybridized carbons (Fsp3) is 0.500. The minimum atomic E-state index is -0.136. The smallest absolute Gasteiger partial charge is 0.272 e. The van der Waals surface area contributed by atoms with Crippen molar-refractivity contribution in [1.29, 1.82) is 0 Å². The number of hydrogen-bond acceptors (Lipinski definition) is 5. The number of nitrogens with one attached hydrogen (secondary N) is 3. The molecule has 0 bridgehead atoms. The van der Waals surface area contributed by atoms with Crippen molar-refractivity contribution in [1.82, 2.24) is 26.0 Å². The second kappa shape index (κ2) is 6.93. The summed E-state index contributed by atoms with van der Waals surface area (Å²) in [6, 6.07) is 0. The molecule has 0 spiro atoms. The Morgan fingerprint density at radius 2 is 2.23 bits per heavy atom. The van der Waals surface area contributed by atoms with Gasteiger partial charge in [-0.1, -0.05) is 5.16 Å². The Hall–Kier alpha value is -1.86. The Balaban J connectivity index is 0.00000176. The first-order valence-corrected chi connectivity index (χ1v) is 7.13. The Morgan fingerprint density at radius 3 is 2.95 bits per heavy atom. The molecule has 0 saturated heterocycles. The zero-order valence-corrected chi connectivity index (χ0v) is 13.5. The summed E-state index contributed by atoms with van der Waals surface area (Å²) >= 11 is 0. The molecule has 1 aliphatic rings. The van der Waals surface area contributed by atoms with E-state index >= 15 is 0 Å². The van der Waals surface area contributed by atoms with Crippen LogP contribution in [0.4, 0.5) is 0 Å². The minimum Gasteiger partial charge on any atom is -0.361 e. The molecule has 3 heterocycles. The van der Waals surface area contributed by atoms with Crippen LogP contribution in [0.3, 0.4) is 0 Å². The van der Waals surface area contributed by atoms with E-state index in [4.69, 9.17) is 4.52 Å². The van der Waals surface area contributed by atoms with E-state index in [0.717, 1.165) is 41.2 Å². The van der Waals surface area contributed by atoms with Crippen LogP contribution in [0, 0.1) is 13.8 Å². The van der Waals surface area contributed by atoms with Crippen LogP contribution in [-0.2, 0) is 19.4 Å². The number of aromatic amines is 1. The van der Waals surface area contributed by atoms with Crippen molar-refractivity contribution in [3.8, 4) is 0 Å². The molecule has 8 heteroatoms. The summed E-state index contributed by atoms with van der Waals surface area (Å²) < 4.78 is 5.11. The number of hydrogen-bond donors (Lipinski definition) is 3. The lowest BCUT2D eigenvalue weighted by Gasteiger charge is -2.12. The fourth-order valence-electron chi connectivity index (χ4n) is 2.66. The number of fused-ring (bicyclic) bond motifs is 1. The Kier molecular flexibility index (Phi) is 5.20. The van der Waals surface area contributed by atoms with Gasteiger partial charge in [0.2, 0.25) is 0 Å². The van der Waals surface area contributed by atoms with Gasteiger partial charge < -0.3 is 15.2 Å². The molecule has 3 N–H and O–H groups in total. The van der Waals surface area contributed by atoms with Crippen molar-refractivity contribution >= 4 is 18.3 Å². The molecule has 2 aromatic heterocycles. The number of carbonyl (C=O) groups is 1. The van der Waals surface area contributed by atoms with Gasteiger partial charge in [-0.15, -0.1) is 12.4 Å². The van der Waals surface area contributed by atoms with Crippen molar-refractivity contribution in [2.45, 2.75) is 33.2 Å². The molecule has 7 nitrogen and oxygen atoms in total. The lowest BCUT2D eigenvalue weighted by molar-refractivity contribution is 0.0948. The van der Waals surface area contributed by atoms with E-state index in [0.29, 0.717) is 25.2 Å². The first-order valence-electron chi connectivity index (χ1n) is 7.13. The molecule has 0 atom stereocenters. The predicted octanol–water partition coefficient (Wildman–Crippen LogP) is 1.05. The highest BCUT2D eigenvalue weighted by Gasteiger charge is 2.21. The largest absolute Gasteiger partial charge is 0.361 e. The van der Waals surface area contributed by atoms with Crippen molar-refractivity contribution in [3.05, 3.63) is 34.0 Å². The van der Waals surface area contributed by atoms with E-state index in [2.05, 4.69) is 26.0 Å². The van der Waals surface area contributed by atoms with Crippen LogP contribution >= 0.6 is 12.4 Å². The standard InChI is InChI=1S/C14H19N5O2.ClH/c1-8-10(9(2)21-19-8)3-6-16-14(20)13-11-7-15-5-4-12(11)17-18-13;/h15H,3-7H2,1-2H3,(H,16,20)(H,17,18);1H. The second-order valence-electron chi connectivity index (χ2n) is 5.26. The van der Waals surface area contributed by atoms with Crippen molar-refractivity contribution in [2.75, 3.05) is 13.1 Å². The number of H-pyrrole nitrogens is 1. The fourth-order valence-corrected chi connectivity index (χ4v) is 2.66. The molecule has 1 amide bonds.